The summed E-state index contributed by atoms with van der Waals surface area (Å²) in [7, 11) is 0. The number of likely N-dealkylation sites (tertiary alicyclic amines) is 2. The third kappa shape index (κ3) is 5.57. The van der Waals surface area contributed by atoms with Crippen LogP contribution in [0.5, 0.6) is 5.75 Å². The van der Waals surface area contributed by atoms with Crippen molar-refractivity contribution in [3.63, 3.8) is 0 Å². The number of carbonyl (C=O) groups is 2. The Morgan fingerprint density at radius 1 is 0.973 bits per heavy atom. The van der Waals surface area contributed by atoms with Crippen LogP contribution in [0.1, 0.15) is 28.8 Å². The van der Waals surface area contributed by atoms with Crippen LogP contribution in [0, 0.1) is 17.7 Å². The summed E-state index contributed by atoms with van der Waals surface area (Å²) in [4.78, 5) is 29.3. The first-order valence-corrected chi connectivity index (χ1v) is 11.8. The highest BCUT2D eigenvalue weighted by Gasteiger charge is 2.37. The molecule has 3 heterocycles. The summed E-state index contributed by atoms with van der Waals surface area (Å²) in [5.41, 5.74) is 2.13. The van der Waals surface area contributed by atoms with Crippen LogP contribution in [-0.2, 0) is 4.79 Å². The van der Waals surface area contributed by atoms with Gasteiger partial charge in [0.1, 0.15) is 11.0 Å². The molecule has 37 heavy (non-hydrogen) atoms. The van der Waals surface area contributed by atoms with Gasteiger partial charge in [0, 0.05) is 37.8 Å². The van der Waals surface area contributed by atoms with Crippen LogP contribution < -0.4 is 4.74 Å². The largest absolute Gasteiger partial charge is 0.573 e. The summed E-state index contributed by atoms with van der Waals surface area (Å²) in [6, 6.07) is 8.23. The number of hydrogen-bond donors (Lipinski definition) is 1. The number of carbonyl (C=O) groups excluding carboxylic acids is 2. The Hall–Kier alpha value is -3.96. The van der Waals surface area contributed by atoms with Gasteiger partial charge in [-0.3, -0.25) is 9.59 Å². The number of nitrogens with zero attached hydrogens (tertiary/aromatic N) is 4. The summed E-state index contributed by atoms with van der Waals surface area (Å²) in [5, 5.41) is 10.6. The van der Waals surface area contributed by atoms with Crippen molar-refractivity contribution in [1.29, 1.82) is 0 Å². The number of benzene rings is 2. The van der Waals surface area contributed by atoms with Crippen molar-refractivity contribution < 1.29 is 31.9 Å². The minimum absolute atomic E-state index is 0.0484. The maximum atomic E-state index is 13.9. The normalized spacial score (nSPS) is 20.3. The zero-order valence-electron chi connectivity index (χ0n) is 19.5. The quantitative estimate of drug-likeness (QED) is 0.417. The van der Waals surface area contributed by atoms with Crippen molar-refractivity contribution in [3.05, 3.63) is 59.4 Å². The third-order valence-corrected chi connectivity index (χ3v) is 6.88. The summed E-state index contributed by atoms with van der Waals surface area (Å²) < 4.78 is 54.4. The van der Waals surface area contributed by atoms with Gasteiger partial charge in [0.25, 0.3) is 5.91 Å². The van der Waals surface area contributed by atoms with Crippen LogP contribution in [0.4, 0.5) is 17.6 Å². The van der Waals surface area contributed by atoms with E-state index in [2.05, 4.69) is 20.1 Å². The number of fused-ring (bicyclic) bond motifs is 2. The van der Waals surface area contributed by atoms with Crippen molar-refractivity contribution in [3.8, 4) is 5.75 Å². The molecular formula is C25H23F4N5O3. The van der Waals surface area contributed by atoms with E-state index in [4.69, 9.17) is 0 Å². The van der Waals surface area contributed by atoms with Gasteiger partial charge >= 0.3 is 6.36 Å². The molecule has 194 valence electrons. The third-order valence-electron chi connectivity index (χ3n) is 6.88. The Morgan fingerprint density at radius 2 is 1.68 bits per heavy atom. The Balaban J connectivity index is 1.16. The van der Waals surface area contributed by atoms with E-state index in [-0.39, 0.29) is 29.2 Å². The van der Waals surface area contributed by atoms with Gasteiger partial charge in [0.2, 0.25) is 5.91 Å². The summed E-state index contributed by atoms with van der Waals surface area (Å²) in [6.07, 6.45) is -0.852. The second kappa shape index (κ2) is 9.83. The van der Waals surface area contributed by atoms with E-state index in [0.29, 0.717) is 42.8 Å². The highest BCUT2D eigenvalue weighted by atomic mass is 19.4. The number of rotatable bonds is 4. The molecule has 2 aromatic carbocycles. The lowest BCUT2D eigenvalue weighted by Gasteiger charge is -2.21. The molecular weight excluding hydrogens is 494 g/mol. The highest BCUT2D eigenvalue weighted by Crippen LogP contribution is 2.33. The lowest BCUT2D eigenvalue weighted by Crippen LogP contribution is -2.33. The monoisotopic (exact) mass is 517 g/mol. The van der Waals surface area contributed by atoms with E-state index in [1.54, 1.807) is 23.1 Å². The molecule has 2 atom stereocenters. The number of aromatic nitrogens is 3. The molecule has 2 saturated heterocycles. The molecule has 2 aliphatic rings. The van der Waals surface area contributed by atoms with E-state index in [1.165, 1.54) is 18.2 Å². The lowest BCUT2D eigenvalue weighted by atomic mass is 9.92. The number of halogens is 4. The molecule has 12 heteroatoms. The SMILES string of the molecule is O=C(/C=C/c1ccc(OC(F)(F)F)c(F)c1)N1CC[C@@H]2CN(C(=O)c3ccc4n[nH]nc4c3)C[C@@H]2CC1. The molecule has 2 amide bonds. The van der Waals surface area contributed by atoms with Gasteiger partial charge in [-0.2, -0.15) is 15.4 Å². The number of nitrogens with one attached hydrogen (secondary N) is 1. The molecule has 0 saturated carbocycles. The standard InChI is InChI=1S/C25H23F4N5O3/c26-19-11-15(1-5-22(19)37-25(27,28)29)2-6-23(35)33-9-7-17-13-34(14-18(17)8-10-33)24(36)16-3-4-20-21(12-16)31-32-30-20/h1-6,11-12,17-18H,7-10,13-14H2,(H,30,31,32)/b6-2+/t17-,18+. The Kier molecular flexibility index (Phi) is 6.57. The van der Waals surface area contributed by atoms with Gasteiger partial charge in [-0.15, -0.1) is 13.2 Å². The maximum Gasteiger partial charge on any atom is 0.573 e. The van der Waals surface area contributed by atoms with Crippen LogP contribution in [0.2, 0.25) is 0 Å². The van der Waals surface area contributed by atoms with Crippen LogP contribution in [0.3, 0.4) is 0 Å². The molecule has 0 aliphatic carbocycles. The fraction of sp³-hybridized carbons (Fsp3) is 0.360. The van der Waals surface area contributed by atoms with Gasteiger partial charge in [-0.1, -0.05) is 6.07 Å². The first-order valence-electron chi connectivity index (χ1n) is 11.8. The van der Waals surface area contributed by atoms with Crippen LogP contribution in [0.25, 0.3) is 17.1 Å². The van der Waals surface area contributed by atoms with Gasteiger partial charge < -0.3 is 14.5 Å². The minimum Gasteiger partial charge on any atom is -0.403 e. The van der Waals surface area contributed by atoms with E-state index >= 15 is 0 Å². The number of amides is 2. The predicted octanol–water partition coefficient (Wildman–Crippen LogP) is 4.02. The molecule has 2 fully saturated rings. The van der Waals surface area contributed by atoms with E-state index in [0.717, 1.165) is 25.0 Å². The number of aromatic amines is 1. The van der Waals surface area contributed by atoms with Crippen LogP contribution >= 0.6 is 0 Å². The highest BCUT2D eigenvalue weighted by molar-refractivity contribution is 5.97. The van der Waals surface area contributed by atoms with Crippen molar-refractivity contribution in [2.75, 3.05) is 26.2 Å². The summed E-state index contributed by atoms with van der Waals surface area (Å²) >= 11 is 0. The van der Waals surface area contributed by atoms with Gasteiger partial charge in [0.15, 0.2) is 11.6 Å². The van der Waals surface area contributed by atoms with Crippen molar-refractivity contribution >= 4 is 28.9 Å². The molecule has 1 N–H and O–H groups in total. The molecule has 2 aliphatic heterocycles. The fourth-order valence-electron chi connectivity index (χ4n) is 4.99. The number of alkyl halides is 3. The Labute approximate surface area is 208 Å². The predicted molar refractivity (Wildman–Crippen MR) is 125 cm³/mol. The average Bonchev–Trinajstić information content (AvgIpc) is 3.44. The van der Waals surface area contributed by atoms with Crippen molar-refractivity contribution in [1.82, 2.24) is 25.2 Å². The molecule has 3 aromatic rings. The van der Waals surface area contributed by atoms with Gasteiger partial charge in [-0.25, -0.2) is 4.39 Å². The number of ether oxygens (including phenoxy) is 1. The smallest absolute Gasteiger partial charge is 0.403 e. The average molecular weight is 517 g/mol. The van der Waals surface area contributed by atoms with Gasteiger partial charge in [-0.05, 0) is 66.6 Å². The summed E-state index contributed by atoms with van der Waals surface area (Å²) in [6.45, 7) is 2.27. The molecule has 0 unspecified atom stereocenters. The topological polar surface area (TPSA) is 91.4 Å². The zero-order chi connectivity index (χ0) is 26.2. The zero-order valence-corrected chi connectivity index (χ0v) is 19.5. The van der Waals surface area contributed by atoms with E-state index < -0.39 is 17.9 Å². The number of hydrogen-bond acceptors (Lipinski definition) is 5. The van der Waals surface area contributed by atoms with Crippen LogP contribution in [0.15, 0.2) is 42.5 Å². The lowest BCUT2D eigenvalue weighted by molar-refractivity contribution is -0.275. The Bertz CT molecular complexity index is 1340. The minimum atomic E-state index is -4.99. The van der Waals surface area contributed by atoms with Crippen molar-refractivity contribution in [2.24, 2.45) is 11.8 Å². The molecule has 5 rings (SSSR count). The second-order valence-electron chi connectivity index (χ2n) is 9.23. The number of H-pyrrole nitrogens is 1. The fourth-order valence-corrected chi connectivity index (χ4v) is 4.99. The molecule has 0 spiro atoms. The van der Waals surface area contributed by atoms with E-state index in [9.17, 15) is 27.2 Å². The second-order valence-corrected chi connectivity index (χ2v) is 9.23. The molecule has 0 bridgehead atoms. The van der Waals surface area contributed by atoms with E-state index in [1.807, 2.05) is 4.90 Å². The Morgan fingerprint density at radius 3 is 2.35 bits per heavy atom. The molecule has 0 radical (unpaired) electrons. The van der Waals surface area contributed by atoms with Gasteiger partial charge in [0.05, 0.1) is 0 Å². The van der Waals surface area contributed by atoms with Crippen LogP contribution in [-0.4, -0.2) is 69.6 Å². The maximum absolute atomic E-state index is 13.9. The molecule has 8 nitrogen and oxygen atoms in total. The first kappa shape index (κ1) is 24.7. The first-order chi connectivity index (χ1) is 17.7. The molecule has 1 aromatic heterocycles. The summed E-state index contributed by atoms with van der Waals surface area (Å²) in [5.74, 6) is -1.86. The van der Waals surface area contributed by atoms with Crippen molar-refractivity contribution in [2.45, 2.75) is 19.2 Å².